The lowest BCUT2D eigenvalue weighted by Gasteiger charge is -2.07. The maximum atomic E-state index is 11.8. The molecule has 0 atom stereocenters. The van der Waals surface area contributed by atoms with Crippen LogP contribution < -0.4 is 5.32 Å². The van der Waals surface area contributed by atoms with Gasteiger partial charge in [-0.05, 0) is 48.5 Å². The zero-order valence-corrected chi connectivity index (χ0v) is 13.3. The molecule has 2 aromatic carbocycles. The van der Waals surface area contributed by atoms with E-state index >= 15 is 0 Å². The second-order valence-corrected chi connectivity index (χ2v) is 4.88. The predicted molar refractivity (Wildman–Crippen MR) is 87.9 cm³/mol. The Morgan fingerprint density at radius 1 is 0.960 bits per heavy atom. The van der Waals surface area contributed by atoms with Gasteiger partial charge >= 0.3 is 11.9 Å². The summed E-state index contributed by atoms with van der Waals surface area (Å²) >= 11 is 0. The van der Waals surface area contributed by atoms with E-state index in [0.717, 1.165) is 0 Å². The van der Waals surface area contributed by atoms with Gasteiger partial charge in [-0.25, -0.2) is 9.59 Å². The first-order chi connectivity index (χ1) is 12.0. The number of nitriles is 1. The highest BCUT2D eigenvalue weighted by atomic mass is 16.5. The van der Waals surface area contributed by atoms with Crippen molar-refractivity contribution in [1.29, 1.82) is 5.26 Å². The molecule has 0 heterocycles. The van der Waals surface area contributed by atoms with Crippen LogP contribution in [0.1, 0.15) is 26.3 Å². The van der Waals surface area contributed by atoms with Crippen molar-refractivity contribution in [2.24, 2.45) is 0 Å². The number of benzene rings is 2. The zero-order chi connectivity index (χ0) is 18.2. The molecule has 2 aromatic rings. The highest BCUT2D eigenvalue weighted by Crippen LogP contribution is 2.10. The van der Waals surface area contributed by atoms with Crippen LogP contribution in [0.4, 0.5) is 5.69 Å². The van der Waals surface area contributed by atoms with Crippen LogP contribution >= 0.6 is 0 Å². The molecule has 0 aliphatic heterocycles. The number of amides is 1. The highest BCUT2D eigenvalue weighted by molar-refractivity contribution is 5.96. The van der Waals surface area contributed by atoms with E-state index in [1.165, 1.54) is 55.6 Å². The molecule has 0 aliphatic rings. The maximum absolute atomic E-state index is 11.8. The number of nitrogens with zero attached hydrogens (tertiary/aromatic N) is 1. The first kappa shape index (κ1) is 17.7. The average Bonchev–Trinajstić information content (AvgIpc) is 2.66. The SMILES string of the molecule is COC(=O)c1ccc(NC(=O)COC(=O)c2ccc(C#N)cc2)cc1. The smallest absolute Gasteiger partial charge is 0.338 e. The number of esters is 2. The normalized spacial score (nSPS) is 9.60. The molecule has 126 valence electrons. The summed E-state index contributed by atoms with van der Waals surface area (Å²) in [5.74, 6) is -1.66. The minimum absolute atomic E-state index is 0.245. The van der Waals surface area contributed by atoms with Gasteiger partial charge in [0.05, 0.1) is 29.9 Å². The van der Waals surface area contributed by atoms with E-state index < -0.39 is 24.5 Å². The number of carbonyl (C=O) groups is 3. The van der Waals surface area contributed by atoms with Crippen molar-refractivity contribution in [3.8, 4) is 6.07 Å². The Bertz CT molecular complexity index is 820. The summed E-state index contributed by atoms with van der Waals surface area (Å²) in [6, 6.07) is 13.9. The second kappa shape index (κ2) is 8.26. The summed E-state index contributed by atoms with van der Waals surface area (Å²) < 4.78 is 9.48. The number of anilines is 1. The second-order valence-electron chi connectivity index (χ2n) is 4.88. The molecular weight excluding hydrogens is 324 g/mol. The Morgan fingerprint density at radius 3 is 2.08 bits per heavy atom. The van der Waals surface area contributed by atoms with E-state index in [-0.39, 0.29) is 5.56 Å². The topological polar surface area (TPSA) is 105 Å². The Kier molecular flexibility index (Phi) is 5.85. The van der Waals surface area contributed by atoms with Crippen molar-refractivity contribution in [3.63, 3.8) is 0 Å². The molecule has 0 spiro atoms. The van der Waals surface area contributed by atoms with E-state index in [9.17, 15) is 14.4 Å². The van der Waals surface area contributed by atoms with Crippen LogP contribution in [0.5, 0.6) is 0 Å². The Labute approximate surface area is 143 Å². The zero-order valence-electron chi connectivity index (χ0n) is 13.3. The maximum Gasteiger partial charge on any atom is 0.338 e. The molecule has 1 amide bonds. The highest BCUT2D eigenvalue weighted by Gasteiger charge is 2.11. The van der Waals surface area contributed by atoms with Gasteiger partial charge in [0.2, 0.25) is 0 Å². The molecule has 0 unspecified atom stereocenters. The van der Waals surface area contributed by atoms with Gasteiger partial charge in [-0.1, -0.05) is 0 Å². The van der Waals surface area contributed by atoms with Gasteiger partial charge in [0.15, 0.2) is 6.61 Å². The van der Waals surface area contributed by atoms with Crippen molar-refractivity contribution in [1.82, 2.24) is 0 Å². The largest absolute Gasteiger partial charge is 0.465 e. The lowest BCUT2D eigenvalue weighted by atomic mass is 10.1. The fourth-order valence-electron chi connectivity index (χ4n) is 1.90. The van der Waals surface area contributed by atoms with Crippen molar-refractivity contribution in [3.05, 3.63) is 65.2 Å². The molecule has 0 radical (unpaired) electrons. The average molecular weight is 338 g/mol. The molecule has 0 saturated carbocycles. The van der Waals surface area contributed by atoms with Crippen LogP contribution in [0.15, 0.2) is 48.5 Å². The van der Waals surface area contributed by atoms with Crippen LogP contribution in [0.2, 0.25) is 0 Å². The number of hydrogen-bond donors (Lipinski definition) is 1. The van der Waals surface area contributed by atoms with Gasteiger partial charge in [0, 0.05) is 5.69 Å². The van der Waals surface area contributed by atoms with Crippen LogP contribution in [-0.4, -0.2) is 31.6 Å². The van der Waals surface area contributed by atoms with E-state index in [2.05, 4.69) is 10.1 Å². The van der Waals surface area contributed by atoms with Gasteiger partial charge in [-0.15, -0.1) is 0 Å². The standard InChI is InChI=1S/C18H14N2O5/c1-24-17(22)13-6-8-15(9-7-13)20-16(21)11-25-18(23)14-4-2-12(10-19)3-5-14/h2-9H,11H2,1H3,(H,20,21). The monoisotopic (exact) mass is 338 g/mol. The van der Waals surface area contributed by atoms with Crippen LogP contribution in [0.25, 0.3) is 0 Å². The van der Waals surface area contributed by atoms with Crippen molar-refractivity contribution in [2.75, 3.05) is 19.0 Å². The number of methoxy groups -OCH3 is 1. The van der Waals surface area contributed by atoms with Crippen LogP contribution in [-0.2, 0) is 14.3 Å². The molecule has 0 bridgehead atoms. The fourth-order valence-corrected chi connectivity index (χ4v) is 1.90. The minimum atomic E-state index is -0.666. The molecule has 0 saturated heterocycles. The summed E-state index contributed by atoms with van der Waals surface area (Å²) in [7, 11) is 1.28. The summed E-state index contributed by atoms with van der Waals surface area (Å²) in [5, 5.41) is 11.2. The van der Waals surface area contributed by atoms with E-state index in [4.69, 9.17) is 10.00 Å². The molecule has 0 aromatic heterocycles. The molecule has 0 fully saturated rings. The van der Waals surface area contributed by atoms with Gasteiger partial charge < -0.3 is 14.8 Å². The van der Waals surface area contributed by atoms with Crippen molar-refractivity contribution < 1.29 is 23.9 Å². The minimum Gasteiger partial charge on any atom is -0.465 e. The third-order valence-electron chi connectivity index (χ3n) is 3.17. The first-order valence-electron chi connectivity index (χ1n) is 7.19. The van der Waals surface area contributed by atoms with Gasteiger partial charge in [0.1, 0.15) is 0 Å². The summed E-state index contributed by atoms with van der Waals surface area (Å²) in [4.78, 5) is 34.9. The van der Waals surface area contributed by atoms with Crippen molar-refractivity contribution in [2.45, 2.75) is 0 Å². The molecule has 2 rings (SSSR count). The molecule has 7 heteroatoms. The molecule has 0 aliphatic carbocycles. The molecular formula is C18H14N2O5. The summed E-state index contributed by atoms with van der Waals surface area (Å²) in [5.41, 5.74) is 1.47. The molecule has 1 N–H and O–H groups in total. The Hall–Kier alpha value is -3.66. The summed E-state index contributed by atoms with van der Waals surface area (Å²) in [6.45, 7) is -0.461. The van der Waals surface area contributed by atoms with Gasteiger partial charge in [0.25, 0.3) is 5.91 Å². The third-order valence-corrected chi connectivity index (χ3v) is 3.17. The quantitative estimate of drug-likeness (QED) is 0.837. The number of ether oxygens (including phenoxy) is 2. The number of carbonyl (C=O) groups excluding carboxylic acids is 3. The van der Waals surface area contributed by atoms with E-state index in [1.807, 2.05) is 6.07 Å². The van der Waals surface area contributed by atoms with Crippen LogP contribution in [0.3, 0.4) is 0 Å². The Morgan fingerprint density at radius 2 is 1.52 bits per heavy atom. The fraction of sp³-hybridized carbons (Fsp3) is 0.111. The lowest BCUT2D eigenvalue weighted by Crippen LogP contribution is -2.21. The number of hydrogen-bond acceptors (Lipinski definition) is 6. The predicted octanol–water partition coefficient (Wildman–Crippen LogP) is 2.14. The van der Waals surface area contributed by atoms with Crippen molar-refractivity contribution >= 4 is 23.5 Å². The van der Waals surface area contributed by atoms with Crippen LogP contribution in [0, 0.1) is 11.3 Å². The number of rotatable bonds is 5. The summed E-state index contributed by atoms with van der Waals surface area (Å²) in [6.07, 6.45) is 0. The number of nitrogens with one attached hydrogen (secondary N) is 1. The van der Waals surface area contributed by atoms with E-state index in [1.54, 1.807) is 0 Å². The van der Waals surface area contributed by atoms with E-state index in [0.29, 0.717) is 16.8 Å². The third kappa shape index (κ3) is 4.91. The van der Waals surface area contributed by atoms with Gasteiger partial charge in [-0.2, -0.15) is 5.26 Å². The lowest BCUT2D eigenvalue weighted by molar-refractivity contribution is -0.119. The van der Waals surface area contributed by atoms with Gasteiger partial charge in [-0.3, -0.25) is 4.79 Å². The molecule has 7 nitrogen and oxygen atoms in total. The Balaban J connectivity index is 1.86. The first-order valence-corrected chi connectivity index (χ1v) is 7.19. The molecule has 25 heavy (non-hydrogen) atoms.